The quantitative estimate of drug-likeness (QED) is 0.791. The Morgan fingerprint density at radius 1 is 1.38 bits per heavy atom. The highest BCUT2D eigenvalue weighted by molar-refractivity contribution is 5.97. The Balaban J connectivity index is 1.88. The Bertz CT molecular complexity index is 603. The van der Waals surface area contributed by atoms with Gasteiger partial charge in [0.15, 0.2) is 0 Å². The molecule has 0 aromatic heterocycles. The molecule has 2 aliphatic heterocycles. The molecule has 4 heteroatoms. The molecule has 0 saturated carbocycles. The first-order valence-corrected chi connectivity index (χ1v) is 7.41. The molecule has 2 N–H and O–H groups in total. The summed E-state index contributed by atoms with van der Waals surface area (Å²) in [5.74, 6) is 5.89. The third-order valence-electron chi connectivity index (χ3n) is 4.06. The van der Waals surface area contributed by atoms with Gasteiger partial charge in [0.25, 0.3) is 5.91 Å². The lowest BCUT2D eigenvalue weighted by molar-refractivity contribution is -0.0303. The van der Waals surface area contributed by atoms with E-state index in [1.165, 1.54) is 0 Å². The second kappa shape index (κ2) is 5.88. The number of benzene rings is 1. The number of carbonyl (C=O) groups excluding carboxylic acids is 1. The number of fused-ring (bicyclic) bond motifs is 2. The molecule has 2 atom stereocenters. The molecule has 2 heterocycles. The van der Waals surface area contributed by atoms with Crippen LogP contribution in [0.2, 0.25) is 0 Å². The average Bonchev–Trinajstić information content (AvgIpc) is 2.83. The minimum Gasteiger partial charge on any atom is -0.371 e. The zero-order chi connectivity index (χ0) is 14.8. The number of hydrogen-bond acceptors (Lipinski definition) is 3. The molecular formula is C17H20N2O2. The van der Waals surface area contributed by atoms with Gasteiger partial charge < -0.3 is 15.4 Å². The Morgan fingerprint density at radius 2 is 2.10 bits per heavy atom. The second-order valence-corrected chi connectivity index (χ2v) is 5.72. The van der Waals surface area contributed by atoms with Crippen molar-refractivity contribution in [2.75, 3.05) is 19.6 Å². The van der Waals surface area contributed by atoms with Crippen LogP contribution in [0.25, 0.3) is 0 Å². The summed E-state index contributed by atoms with van der Waals surface area (Å²) in [5.41, 5.74) is 7.93. The summed E-state index contributed by atoms with van der Waals surface area (Å²) in [4.78, 5) is 14.7. The van der Waals surface area contributed by atoms with Crippen molar-refractivity contribution in [3.8, 4) is 11.8 Å². The number of carbonyl (C=O) groups is 1. The Hall–Kier alpha value is -1.83. The molecule has 1 aromatic carbocycles. The highest BCUT2D eigenvalue weighted by atomic mass is 16.5. The molecule has 0 radical (unpaired) electrons. The van der Waals surface area contributed by atoms with Crippen LogP contribution in [0.3, 0.4) is 0 Å². The molecule has 1 aromatic rings. The molecule has 4 nitrogen and oxygen atoms in total. The second-order valence-electron chi connectivity index (χ2n) is 5.72. The van der Waals surface area contributed by atoms with Gasteiger partial charge in [-0.25, -0.2) is 0 Å². The van der Waals surface area contributed by atoms with Crippen molar-refractivity contribution in [2.45, 2.75) is 32.0 Å². The highest BCUT2D eigenvalue weighted by Crippen LogP contribution is 2.27. The minimum atomic E-state index is 0.0558. The largest absolute Gasteiger partial charge is 0.371 e. The molecular weight excluding hydrogens is 264 g/mol. The Labute approximate surface area is 125 Å². The minimum absolute atomic E-state index is 0.0558. The van der Waals surface area contributed by atoms with Gasteiger partial charge in [-0.15, -0.1) is 0 Å². The van der Waals surface area contributed by atoms with E-state index >= 15 is 0 Å². The lowest BCUT2D eigenvalue weighted by Gasteiger charge is -2.32. The van der Waals surface area contributed by atoms with Crippen molar-refractivity contribution in [3.05, 3.63) is 34.9 Å². The van der Waals surface area contributed by atoms with E-state index in [0.29, 0.717) is 25.2 Å². The summed E-state index contributed by atoms with van der Waals surface area (Å²) in [7, 11) is 0. The first kappa shape index (κ1) is 14.1. The van der Waals surface area contributed by atoms with E-state index in [9.17, 15) is 4.79 Å². The van der Waals surface area contributed by atoms with Gasteiger partial charge in [-0.2, -0.15) is 0 Å². The Morgan fingerprint density at radius 3 is 2.76 bits per heavy atom. The van der Waals surface area contributed by atoms with Gasteiger partial charge in [-0.3, -0.25) is 4.79 Å². The molecule has 2 saturated heterocycles. The van der Waals surface area contributed by atoms with Crippen molar-refractivity contribution in [1.29, 1.82) is 0 Å². The molecule has 2 fully saturated rings. The lowest BCUT2D eigenvalue weighted by Crippen LogP contribution is -2.46. The summed E-state index contributed by atoms with van der Waals surface area (Å²) in [6.07, 6.45) is 2.52. The van der Waals surface area contributed by atoms with Gasteiger partial charge in [0.05, 0.1) is 24.3 Å². The number of ether oxygens (including phenoxy) is 1. The first-order valence-electron chi connectivity index (χ1n) is 7.41. The summed E-state index contributed by atoms with van der Waals surface area (Å²) >= 11 is 0. The smallest absolute Gasteiger partial charge is 0.255 e. The van der Waals surface area contributed by atoms with Gasteiger partial charge in [-0.05, 0) is 31.9 Å². The van der Waals surface area contributed by atoms with Gasteiger partial charge in [0.1, 0.15) is 0 Å². The number of nitrogens with zero attached hydrogens (tertiary/aromatic N) is 1. The average molecular weight is 284 g/mol. The molecule has 21 heavy (non-hydrogen) atoms. The van der Waals surface area contributed by atoms with Gasteiger partial charge in [0, 0.05) is 18.7 Å². The van der Waals surface area contributed by atoms with Crippen molar-refractivity contribution in [3.63, 3.8) is 0 Å². The number of amides is 1. The normalized spacial score (nSPS) is 23.6. The van der Waals surface area contributed by atoms with Gasteiger partial charge >= 0.3 is 0 Å². The highest BCUT2D eigenvalue weighted by Gasteiger charge is 2.36. The zero-order valence-corrected chi connectivity index (χ0v) is 12.3. The molecule has 110 valence electrons. The van der Waals surface area contributed by atoms with Crippen LogP contribution in [0.5, 0.6) is 0 Å². The predicted octanol–water partition coefficient (Wildman–Crippen LogP) is 1.31. The molecule has 2 bridgehead atoms. The van der Waals surface area contributed by atoms with Crippen LogP contribution in [0, 0.1) is 18.8 Å². The van der Waals surface area contributed by atoms with Crippen LogP contribution >= 0.6 is 0 Å². The number of rotatable bonds is 1. The Kier molecular flexibility index (Phi) is 3.96. The van der Waals surface area contributed by atoms with E-state index in [4.69, 9.17) is 10.5 Å². The third kappa shape index (κ3) is 2.94. The zero-order valence-electron chi connectivity index (χ0n) is 12.3. The molecule has 0 spiro atoms. The number of nitrogens with two attached hydrogens (primary N) is 1. The van der Waals surface area contributed by atoms with Crippen LogP contribution in [0.15, 0.2) is 18.2 Å². The summed E-state index contributed by atoms with van der Waals surface area (Å²) < 4.78 is 5.79. The van der Waals surface area contributed by atoms with E-state index in [0.717, 1.165) is 24.0 Å². The topological polar surface area (TPSA) is 55.6 Å². The van der Waals surface area contributed by atoms with Crippen LogP contribution < -0.4 is 5.73 Å². The number of hydrogen-bond donors (Lipinski definition) is 1. The van der Waals surface area contributed by atoms with Gasteiger partial charge in [-0.1, -0.05) is 23.5 Å². The number of likely N-dealkylation sites (tertiary alicyclic amines) is 1. The number of aryl methyl sites for hydroxylation is 1. The molecule has 1 amide bonds. The fourth-order valence-corrected chi connectivity index (χ4v) is 3.04. The summed E-state index contributed by atoms with van der Waals surface area (Å²) in [6.45, 7) is 3.66. The molecule has 2 unspecified atom stereocenters. The van der Waals surface area contributed by atoms with Crippen molar-refractivity contribution in [2.24, 2.45) is 5.73 Å². The fraction of sp³-hybridized carbons (Fsp3) is 0.471. The fourth-order valence-electron chi connectivity index (χ4n) is 3.04. The molecule has 0 aliphatic carbocycles. The maximum absolute atomic E-state index is 12.8. The standard InChI is InChI=1S/C17H20N2O2/c1-12-4-5-13(3-2-8-18)16(9-12)17(20)19-10-14-6-7-15(11-19)21-14/h4-5,9,14-15H,6-8,10-11,18H2,1H3. The van der Waals surface area contributed by atoms with E-state index < -0.39 is 0 Å². The van der Waals surface area contributed by atoms with Crippen LogP contribution in [0.1, 0.15) is 34.3 Å². The molecule has 3 rings (SSSR count). The van der Waals surface area contributed by atoms with E-state index in [-0.39, 0.29) is 18.1 Å². The van der Waals surface area contributed by atoms with E-state index in [1.807, 2.05) is 30.0 Å². The van der Waals surface area contributed by atoms with Crippen molar-refractivity contribution >= 4 is 5.91 Å². The van der Waals surface area contributed by atoms with Crippen LogP contribution in [-0.4, -0.2) is 42.6 Å². The monoisotopic (exact) mass is 284 g/mol. The van der Waals surface area contributed by atoms with Gasteiger partial charge in [0.2, 0.25) is 0 Å². The van der Waals surface area contributed by atoms with Crippen molar-refractivity contribution in [1.82, 2.24) is 4.90 Å². The van der Waals surface area contributed by atoms with Crippen LogP contribution in [-0.2, 0) is 4.74 Å². The van der Waals surface area contributed by atoms with E-state index in [1.54, 1.807) is 0 Å². The van der Waals surface area contributed by atoms with E-state index in [2.05, 4.69) is 11.8 Å². The summed E-state index contributed by atoms with van der Waals surface area (Å²) in [6, 6.07) is 5.79. The maximum atomic E-state index is 12.8. The predicted molar refractivity (Wildman–Crippen MR) is 80.9 cm³/mol. The van der Waals surface area contributed by atoms with Crippen molar-refractivity contribution < 1.29 is 9.53 Å². The first-order chi connectivity index (χ1) is 10.2. The SMILES string of the molecule is Cc1ccc(C#CCN)c(C(=O)N2CC3CCC(C2)O3)c1. The lowest BCUT2D eigenvalue weighted by atomic mass is 10.0. The maximum Gasteiger partial charge on any atom is 0.255 e. The molecule has 2 aliphatic rings. The van der Waals surface area contributed by atoms with Crippen LogP contribution in [0.4, 0.5) is 0 Å². The summed E-state index contributed by atoms with van der Waals surface area (Å²) in [5, 5.41) is 0. The number of morpholine rings is 1. The third-order valence-corrected chi connectivity index (χ3v) is 4.06.